The summed E-state index contributed by atoms with van der Waals surface area (Å²) in [4.78, 5) is 15.4. The lowest BCUT2D eigenvalue weighted by molar-refractivity contribution is 0.0909. The number of anilines is 1. The van der Waals surface area contributed by atoms with Crippen LogP contribution in [0.3, 0.4) is 0 Å². The van der Waals surface area contributed by atoms with Gasteiger partial charge < -0.3 is 10.6 Å². The minimum absolute atomic E-state index is 0.0974. The second kappa shape index (κ2) is 9.64. The molecule has 0 aliphatic carbocycles. The van der Waals surface area contributed by atoms with Gasteiger partial charge in [-0.1, -0.05) is 42.0 Å². The molecule has 0 aromatic heterocycles. The van der Waals surface area contributed by atoms with Crippen LogP contribution in [0.1, 0.15) is 39.9 Å². The summed E-state index contributed by atoms with van der Waals surface area (Å²) in [6.07, 6.45) is 1.84. The normalized spacial score (nSPS) is 17.5. The molecule has 2 N–H and O–H groups in total. The lowest BCUT2D eigenvalue weighted by Gasteiger charge is -2.32. The number of amidine groups is 1. The summed E-state index contributed by atoms with van der Waals surface area (Å²) in [6, 6.07) is 22.5. The summed E-state index contributed by atoms with van der Waals surface area (Å²) < 4.78 is 28.3. The zero-order valence-corrected chi connectivity index (χ0v) is 20.4. The molecule has 0 bridgehead atoms. The maximum atomic E-state index is 12.8. The molecule has 0 atom stereocenters. The molecule has 1 amide bonds. The lowest BCUT2D eigenvalue weighted by Crippen LogP contribution is -2.44. The topological polar surface area (TPSA) is 90.9 Å². The smallest absolute Gasteiger partial charge is 0.285 e. The summed E-state index contributed by atoms with van der Waals surface area (Å²) in [5, 5.41) is 6.22. The third-order valence-electron chi connectivity index (χ3n) is 6.45. The van der Waals surface area contributed by atoms with Crippen molar-refractivity contribution in [2.45, 2.75) is 37.2 Å². The number of hydrogen-bond donors (Lipinski definition) is 2. The Labute approximate surface area is 205 Å². The molecular weight excluding hydrogens is 460 g/mol. The first-order chi connectivity index (χ1) is 16.9. The van der Waals surface area contributed by atoms with E-state index >= 15 is 0 Å². The highest BCUT2D eigenvalue weighted by molar-refractivity contribution is 7.90. The van der Waals surface area contributed by atoms with E-state index in [1.54, 1.807) is 48.5 Å². The van der Waals surface area contributed by atoms with Crippen LogP contribution in [-0.2, 0) is 16.6 Å². The van der Waals surface area contributed by atoms with E-state index in [0.717, 1.165) is 32.5 Å². The van der Waals surface area contributed by atoms with Crippen molar-refractivity contribution in [2.75, 3.05) is 18.4 Å². The average molecular weight is 489 g/mol. The number of nitrogens with one attached hydrogen (secondary N) is 2. The van der Waals surface area contributed by atoms with E-state index in [4.69, 9.17) is 0 Å². The highest BCUT2D eigenvalue weighted by Gasteiger charge is 2.28. The first-order valence-electron chi connectivity index (χ1n) is 11.8. The largest absolute Gasteiger partial charge is 0.349 e. The number of rotatable bonds is 5. The molecule has 3 aromatic carbocycles. The highest BCUT2D eigenvalue weighted by Crippen LogP contribution is 2.26. The summed E-state index contributed by atoms with van der Waals surface area (Å²) in [5.74, 6) is 0.190. The van der Waals surface area contributed by atoms with Gasteiger partial charge in [0.1, 0.15) is 4.90 Å². The number of amides is 1. The molecule has 0 spiro atoms. The number of fused-ring (bicyclic) bond motifs is 1. The first-order valence-corrected chi connectivity index (χ1v) is 13.2. The van der Waals surface area contributed by atoms with Gasteiger partial charge in [0.2, 0.25) is 0 Å². The maximum absolute atomic E-state index is 12.8. The second-order valence-corrected chi connectivity index (χ2v) is 10.7. The van der Waals surface area contributed by atoms with E-state index in [-0.39, 0.29) is 22.7 Å². The fraction of sp³-hybridized carbons (Fsp3) is 0.259. The minimum Gasteiger partial charge on any atom is -0.349 e. The van der Waals surface area contributed by atoms with Gasteiger partial charge in [-0.15, -0.1) is 4.40 Å². The predicted molar refractivity (Wildman–Crippen MR) is 137 cm³/mol. The molecule has 1 saturated heterocycles. The Bertz CT molecular complexity index is 1380. The third kappa shape index (κ3) is 5.28. The number of likely N-dealkylation sites (tertiary alicyclic amines) is 1. The Morgan fingerprint density at radius 2 is 1.74 bits per heavy atom. The van der Waals surface area contributed by atoms with Crippen molar-refractivity contribution in [1.82, 2.24) is 10.2 Å². The average Bonchev–Trinajstić information content (AvgIpc) is 3.10. The van der Waals surface area contributed by atoms with E-state index in [1.165, 1.54) is 11.1 Å². The molecule has 2 aliphatic rings. The molecule has 1 fully saturated rings. The monoisotopic (exact) mass is 488 g/mol. The number of hydrogen-bond acceptors (Lipinski definition) is 5. The molecule has 0 radical (unpaired) electrons. The van der Waals surface area contributed by atoms with Crippen molar-refractivity contribution < 1.29 is 13.2 Å². The maximum Gasteiger partial charge on any atom is 0.285 e. The summed E-state index contributed by atoms with van der Waals surface area (Å²) >= 11 is 0. The summed E-state index contributed by atoms with van der Waals surface area (Å²) in [5.41, 5.74) is 4.38. The van der Waals surface area contributed by atoms with Crippen molar-refractivity contribution in [3.05, 3.63) is 95.1 Å². The molecule has 180 valence electrons. The minimum atomic E-state index is -3.68. The Kier molecular flexibility index (Phi) is 6.40. The van der Waals surface area contributed by atoms with Gasteiger partial charge in [-0.3, -0.25) is 9.69 Å². The Hall–Kier alpha value is -3.49. The van der Waals surface area contributed by atoms with E-state index in [9.17, 15) is 13.2 Å². The van der Waals surface area contributed by atoms with Gasteiger partial charge in [-0.2, -0.15) is 8.42 Å². The molecule has 2 heterocycles. The highest BCUT2D eigenvalue weighted by atomic mass is 32.2. The van der Waals surface area contributed by atoms with Crippen LogP contribution in [0.15, 0.2) is 82.1 Å². The quantitative estimate of drug-likeness (QED) is 0.568. The van der Waals surface area contributed by atoms with Gasteiger partial charge >= 0.3 is 0 Å². The Balaban J connectivity index is 1.15. The van der Waals surface area contributed by atoms with E-state index in [1.807, 2.05) is 0 Å². The van der Waals surface area contributed by atoms with E-state index < -0.39 is 10.0 Å². The van der Waals surface area contributed by atoms with Gasteiger partial charge in [0.25, 0.3) is 15.9 Å². The van der Waals surface area contributed by atoms with Gasteiger partial charge in [0.05, 0.1) is 0 Å². The summed E-state index contributed by atoms with van der Waals surface area (Å²) in [7, 11) is -3.68. The molecule has 0 saturated carbocycles. The van der Waals surface area contributed by atoms with Gasteiger partial charge in [-0.05, 0) is 61.7 Å². The van der Waals surface area contributed by atoms with Crippen LogP contribution in [0, 0.1) is 6.92 Å². The Morgan fingerprint density at radius 1 is 1.00 bits per heavy atom. The molecule has 2 aliphatic heterocycles. The SMILES string of the molecule is Cc1cccc(CN2CCC(NC(=O)c3ccc(NC4=NS(=O)(=O)c5ccccc54)cc3)CC2)c1. The van der Waals surface area contributed by atoms with Crippen molar-refractivity contribution in [3.8, 4) is 0 Å². The van der Waals surface area contributed by atoms with Crippen LogP contribution in [0.5, 0.6) is 0 Å². The number of piperidine rings is 1. The molecule has 5 rings (SSSR count). The van der Waals surface area contributed by atoms with Crippen LogP contribution in [0.25, 0.3) is 0 Å². The lowest BCUT2D eigenvalue weighted by atomic mass is 10.0. The van der Waals surface area contributed by atoms with Crippen LogP contribution >= 0.6 is 0 Å². The van der Waals surface area contributed by atoms with E-state index in [2.05, 4.69) is 51.1 Å². The van der Waals surface area contributed by atoms with Crippen LogP contribution in [0.4, 0.5) is 5.69 Å². The molecule has 7 nitrogen and oxygen atoms in total. The summed E-state index contributed by atoms with van der Waals surface area (Å²) in [6.45, 7) is 4.95. The van der Waals surface area contributed by atoms with Crippen molar-refractivity contribution in [1.29, 1.82) is 0 Å². The van der Waals surface area contributed by atoms with Crippen molar-refractivity contribution in [3.63, 3.8) is 0 Å². The zero-order chi connectivity index (χ0) is 24.4. The zero-order valence-electron chi connectivity index (χ0n) is 19.6. The molecule has 3 aromatic rings. The predicted octanol–water partition coefficient (Wildman–Crippen LogP) is 3.95. The van der Waals surface area contributed by atoms with Gasteiger partial charge in [-0.25, -0.2) is 0 Å². The van der Waals surface area contributed by atoms with Crippen molar-refractivity contribution in [2.24, 2.45) is 4.40 Å². The third-order valence-corrected chi connectivity index (χ3v) is 7.79. The molecule has 0 unspecified atom stereocenters. The first kappa shape index (κ1) is 23.3. The van der Waals surface area contributed by atoms with Crippen molar-refractivity contribution >= 4 is 27.5 Å². The fourth-order valence-electron chi connectivity index (χ4n) is 4.61. The van der Waals surface area contributed by atoms with Crippen LogP contribution in [0.2, 0.25) is 0 Å². The number of benzene rings is 3. The number of sulfonamides is 1. The van der Waals surface area contributed by atoms with Gasteiger partial charge in [0, 0.05) is 42.5 Å². The number of aryl methyl sites for hydroxylation is 1. The number of carbonyl (C=O) groups is 1. The standard InChI is InChI=1S/C27H28N4O3S/c1-19-5-4-6-20(17-19)18-31-15-13-23(14-16-31)29-27(32)21-9-11-22(12-10-21)28-26-24-7-2-3-8-25(24)35(33,34)30-26/h2-12,17,23H,13-16,18H2,1H3,(H,28,30)(H,29,32). The Morgan fingerprint density at radius 3 is 2.49 bits per heavy atom. The number of carbonyl (C=O) groups excluding carboxylic acids is 1. The molecular formula is C27H28N4O3S. The molecule has 8 heteroatoms. The van der Waals surface area contributed by atoms with Gasteiger partial charge in [0.15, 0.2) is 5.84 Å². The van der Waals surface area contributed by atoms with Crippen LogP contribution in [-0.4, -0.2) is 44.2 Å². The molecule has 35 heavy (non-hydrogen) atoms. The number of nitrogens with zero attached hydrogens (tertiary/aromatic N) is 2. The fourth-order valence-corrected chi connectivity index (χ4v) is 5.79. The second-order valence-electron chi connectivity index (χ2n) is 9.13. The van der Waals surface area contributed by atoms with Crippen LogP contribution < -0.4 is 10.6 Å². The van der Waals surface area contributed by atoms with E-state index in [0.29, 0.717) is 16.8 Å².